The molecule has 1 saturated heterocycles. The maximum absolute atomic E-state index is 14.0. The van der Waals surface area contributed by atoms with Crippen molar-refractivity contribution in [3.63, 3.8) is 0 Å². The van der Waals surface area contributed by atoms with Crippen molar-refractivity contribution in [2.45, 2.75) is 13.1 Å². The molecule has 7 heteroatoms. The van der Waals surface area contributed by atoms with Crippen LogP contribution in [0.1, 0.15) is 21.5 Å². The zero-order chi connectivity index (χ0) is 19.5. The monoisotopic (exact) mass is 388 g/mol. The van der Waals surface area contributed by atoms with Crippen LogP contribution in [0.4, 0.5) is 8.78 Å². The Hall–Kier alpha value is -2.51. The van der Waals surface area contributed by atoms with Crippen LogP contribution in [0.2, 0.25) is 0 Å². The van der Waals surface area contributed by atoms with Crippen molar-refractivity contribution in [1.82, 2.24) is 9.80 Å². The molecule has 2 aromatic carbocycles. The van der Waals surface area contributed by atoms with Gasteiger partial charge in [0.15, 0.2) is 0 Å². The van der Waals surface area contributed by atoms with Crippen LogP contribution in [0.25, 0.3) is 0 Å². The molecule has 0 atom stereocenters. The fourth-order valence-electron chi connectivity index (χ4n) is 3.57. The molecule has 2 aromatic rings. The van der Waals surface area contributed by atoms with E-state index in [4.69, 9.17) is 9.47 Å². The summed E-state index contributed by atoms with van der Waals surface area (Å²) in [5, 5.41) is 0. The van der Waals surface area contributed by atoms with E-state index in [0.717, 1.165) is 67.9 Å². The van der Waals surface area contributed by atoms with Gasteiger partial charge in [0.2, 0.25) is 0 Å². The molecular weight excluding hydrogens is 366 g/mol. The van der Waals surface area contributed by atoms with Crippen LogP contribution in [0.3, 0.4) is 0 Å². The van der Waals surface area contributed by atoms with Gasteiger partial charge in [-0.1, -0.05) is 6.07 Å². The van der Waals surface area contributed by atoms with E-state index in [1.165, 1.54) is 4.90 Å². The molecule has 0 radical (unpaired) electrons. The standard InChI is InChI=1S/C21H22F2N2O3/c22-17-2-3-19(23)18(12-17)21(26)25-7-10-28-20-4-1-15(11-16(20)14-25)13-24-5-8-27-9-6-24/h1-4,11-12H,5-10,13-14H2. The highest BCUT2D eigenvalue weighted by molar-refractivity contribution is 5.94. The molecule has 0 saturated carbocycles. The third-order valence-electron chi connectivity index (χ3n) is 5.06. The molecule has 1 fully saturated rings. The van der Waals surface area contributed by atoms with Crippen LogP contribution in [0, 0.1) is 11.6 Å². The minimum Gasteiger partial charge on any atom is -0.491 e. The van der Waals surface area contributed by atoms with Crippen LogP contribution in [0.15, 0.2) is 36.4 Å². The molecule has 0 unspecified atom stereocenters. The molecule has 0 spiro atoms. The van der Waals surface area contributed by atoms with Crippen LogP contribution in [0.5, 0.6) is 5.75 Å². The van der Waals surface area contributed by atoms with Crippen molar-refractivity contribution in [2.75, 3.05) is 39.5 Å². The molecule has 0 aliphatic carbocycles. The van der Waals surface area contributed by atoms with Crippen molar-refractivity contribution in [1.29, 1.82) is 0 Å². The zero-order valence-electron chi connectivity index (χ0n) is 15.5. The van der Waals surface area contributed by atoms with E-state index in [0.29, 0.717) is 19.7 Å². The first-order valence-electron chi connectivity index (χ1n) is 9.39. The molecule has 0 aromatic heterocycles. The number of benzene rings is 2. The summed E-state index contributed by atoms with van der Waals surface area (Å²) < 4.78 is 38.7. The smallest absolute Gasteiger partial charge is 0.257 e. The maximum Gasteiger partial charge on any atom is 0.257 e. The fraction of sp³-hybridized carbons (Fsp3) is 0.381. The van der Waals surface area contributed by atoms with Crippen LogP contribution >= 0.6 is 0 Å². The molecule has 2 heterocycles. The summed E-state index contributed by atoms with van der Waals surface area (Å²) >= 11 is 0. The minimum absolute atomic E-state index is 0.257. The lowest BCUT2D eigenvalue weighted by atomic mass is 10.1. The lowest BCUT2D eigenvalue weighted by Crippen LogP contribution is -2.35. The summed E-state index contributed by atoms with van der Waals surface area (Å²) in [6.07, 6.45) is 0. The first kappa shape index (κ1) is 18.8. The van der Waals surface area contributed by atoms with Gasteiger partial charge in [-0.05, 0) is 35.9 Å². The molecule has 2 aliphatic heterocycles. The third-order valence-corrected chi connectivity index (χ3v) is 5.06. The van der Waals surface area contributed by atoms with Gasteiger partial charge in [-0.15, -0.1) is 0 Å². The van der Waals surface area contributed by atoms with E-state index in [9.17, 15) is 13.6 Å². The van der Waals surface area contributed by atoms with Gasteiger partial charge in [0.1, 0.15) is 24.0 Å². The average Bonchev–Trinajstić information content (AvgIpc) is 2.92. The van der Waals surface area contributed by atoms with E-state index in [-0.39, 0.29) is 5.56 Å². The molecule has 1 amide bonds. The fourth-order valence-corrected chi connectivity index (χ4v) is 3.57. The summed E-state index contributed by atoms with van der Waals surface area (Å²) in [5.74, 6) is -1.17. The van der Waals surface area contributed by atoms with Crippen molar-refractivity contribution < 1.29 is 23.0 Å². The van der Waals surface area contributed by atoms with E-state index >= 15 is 0 Å². The van der Waals surface area contributed by atoms with Gasteiger partial charge >= 0.3 is 0 Å². The van der Waals surface area contributed by atoms with Crippen molar-refractivity contribution in [2.24, 2.45) is 0 Å². The Bertz CT molecular complexity index is 869. The number of ether oxygens (including phenoxy) is 2. The average molecular weight is 388 g/mol. The largest absolute Gasteiger partial charge is 0.491 e. The number of carbonyl (C=O) groups is 1. The highest BCUT2D eigenvalue weighted by atomic mass is 19.1. The van der Waals surface area contributed by atoms with Gasteiger partial charge < -0.3 is 14.4 Å². The van der Waals surface area contributed by atoms with Gasteiger partial charge in [0, 0.05) is 31.7 Å². The Morgan fingerprint density at radius 2 is 1.82 bits per heavy atom. The summed E-state index contributed by atoms with van der Waals surface area (Å²) in [5.41, 5.74) is 1.73. The number of fused-ring (bicyclic) bond motifs is 1. The highest BCUT2D eigenvalue weighted by Gasteiger charge is 2.24. The Balaban J connectivity index is 1.54. The molecule has 0 N–H and O–H groups in total. The number of carbonyl (C=O) groups excluding carboxylic acids is 1. The van der Waals surface area contributed by atoms with Crippen molar-refractivity contribution in [3.05, 3.63) is 64.7 Å². The third kappa shape index (κ3) is 4.15. The van der Waals surface area contributed by atoms with E-state index in [2.05, 4.69) is 4.90 Å². The number of hydrogen-bond acceptors (Lipinski definition) is 4. The number of amides is 1. The van der Waals surface area contributed by atoms with Crippen molar-refractivity contribution in [3.8, 4) is 5.75 Å². The van der Waals surface area contributed by atoms with Crippen LogP contribution in [-0.4, -0.2) is 55.2 Å². The predicted octanol–water partition coefficient (Wildman–Crippen LogP) is 2.83. The molecule has 5 nitrogen and oxygen atoms in total. The van der Waals surface area contributed by atoms with E-state index in [1.807, 2.05) is 18.2 Å². The number of rotatable bonds is 3. The Morgan fingerprint density at radius 3 is 2.64 bits per heavy atom. The minimum atomic E-state index is -0.724. The summed E-state index contributed by atoms with van der Waals surface area (Å²) in [7, 11) is 0. The Labute approximate surface area is 162 Å². The number of halogens is 2. The van der Waals surface area contributed by atoms with Gasteiger partial charge in [-0.3, -0.25) is 9.69 Å². The normalized spacial score (nSPS) is 17.6. The van der Waals surface area contributed by atoms with Crippen LogP contribution in [-0.2, 0) is 17.8 Å². The lowest BCUT2D eigenvalue weighted by Gasteiger charge is -2.27. The topological polar surface area (TPSA) is 42.0 Å². The molecule has 4 rings (SSSR count). The Kier molecular flexibility index (Phi) is 5.54. The van der Waals surface area contributed by atoms with Crippen molar-refractivity contribution >= 4 is 5.91 Å². The summed E-state index contributed by atoms with van der Waals surface area (Å²) in [6.45, 7) is 4.93. The number of nitrogens with zero attached hydrogens (tertiary/aromatic N) is 2. The highest BCUT2D eigenvalue weighted by Crippen LogP contribution is 2.26. The number of hydrogen-bond donors (Lipinski definition) is 0. The second-order valence-corrected chi connectivity index (χ2v) is 7.03. The van der Waals surface area contributed by atoms with Gasteiger partial charge in [-0.2, -0.15) is 0 Å². The van der Waals surface area contributed by atoms with E-state index < -0.39 is 17.5 Å². The summed E-state index contributed by atoms with van der Waals surface area (Å²) in [6, 6.07) is 8.90. The Morgan fingerprint density at radius 1 is 1.00 bits per heavy atom. The number of morpholine rings is 1. The van der Waals surface area contributed by atoms with Gasteiger partial charge in [-0.25, -0.2) is 8.78 Å². The molecule has 148 valence electrons. The van der Waals surface area contributed by atoms with E-state index in [1.54, 1.807) is 0 Å². The summed E-state index contributed by atoms with van der Waals surface area (Å²) in [4.78, 5) is 16.6. The second-order valence-electron chi connectivity index (χ2n) is 7.03. The molecule has 28 heavy (non-hydrogen) atoms. The predicted molar refractivity (Wildman–Crippen MR) is 99.1 cm³/mol. The quantitative estimate of drug-likeness (QED) is 0.811. The maximum atomic E-state index is 14.0. The first-order valence-corrected chi connectivity index (χ1v) is 9.39. The first-order chi connectivity index (χ1) is 13.6. The lowest BCUT2D eigenvalue weighted by molar-refractivity contribution is 0.0341. The molecular formula is C21H22F2N2O3. The van der Waals surface area contributed by atoms with Gasteiger partial charge in [0.05, 0.1) is 25.3 Å². The molecule has 0 bridgehead atoms. The second kappa shape index (κ2) is 8.24. The van der Waals surface area contributed by atoms with Crippen LogP contribution < -0.4 is 4.74 Å². The zero-order valence-corrected chi connectivity index (χ0v) is 15.5. The SMILES string of the molecule is O=C(c1cc(F)ccc1F)N1CCOc2ccc(CN3CCOCC3)cc2C1. The molecule has 2 aliphatic rings. The van der Waals surface area contributed by atoms with Gasteiger partial charge in [0.25, 0.3) is 5.91 Å².